The molecule has 0 saturated heterocycles. The zero-order valence-corrected chi connectivity index (χ0v) is 11.8. The average Bonchev–Trinajstić information content (AvgIpc) is 2.39. The molecular weight excluding hydrogens is 260 g/mol. The van der Waals surface area contributed by atoms with Gasteiger partial charge in [0.25, 0.3) is 0 Å². The summed E-state index contributed by atoms with van der Waals surface area (Å²) in [6.07, 6.45) is -0.542. The Bertz CT molecular complexity index is 547. The Kier molecular flexibility index (Phi) is 4.46. The van der Waals surface area contributed by atoms with E-state index in [4.69, 9.17) is 16.3 Å². The molecule has 1 N–H and O–H groups in total. The predicted octanol–water partition coefficient (Wildman–Crippen LogP) is 4.28. The molecule has 2 rings (SSSR count). The minimum absolute atomic E-state index is 0.458. The monoisotopic (exact) mass is 276 g/mol. The summed E-state index contributed by atoms with van der Waals surface area (Å²) in [6.45, 7) is 4.19. The van der Waals surface area contributed by atoms with E-state index in [9.17, 15) is 5.11 Å². The van der Waals surface area contributed by atoms with Crippen LogP contribution in [0.25, 0.3) is 0 Å². The summed E-state index contributed by atoms with van der Waals surface area (Å²) in [6, 6.07) is 13.4. The molecule has 0 aliphatic heterocycles. The number of ether oxygens (including phenoxy) is 1. The van der Waals surface area contributed by atoms with Crippen molar-refractivity contribution in [2.45, 2.75) is 26.6 Å². The second kappa shape index (κ2) is 6.09. The van der Waals surface area contributed by atoms with Gasteiger partial charge in [0.2, 0.25) is 0 Å². The minimum Gasteiger partial charge on any atom is -0.489 e. The number of aliphatic hydroxyl groups excluding tert-OH is 1. The van der Waals surface area contributed by atoms with Crippen LogP contribution < -0.4 is 4.74 Å². The van der Waals surface area contributed by atoms with E-state index in [0.29, 0.717) is 11.6 Å². The SMILES string of the molecule is Cc1ccc(OCc2ccc(Cl)cc2)c([C@@H](C)O)c1. The summed E-state index contributed by atoms with van der Waals surface area (Å²) in [5.41, 5.74) is 2.96. The van der Waals surface area contributed by atoms with E-state index in [1.54, 1.807) is 6.92 Å². The van der Waals surface area contributed by atoms with Crippen LogP contribution >= 0.6 is 11.6 Å². The third-order valence-corrected chi connectivity index (χ3v) is 3.17. The first-order chi connectivity index (χ1) is 9.06. The number of halogens is 1. The quantitative estimate of drug-likeness (QED) is 0.903. The molecule has 100 valence electrons. The molecule has 2 nitrogen and oxygen atoms in total. The summed E-state index contributed by atoms with van der Waals surface area (Å²) in [5, 5.41) is 10.5. The van der Waals surface area contributed by atoms with Gasteiger partial charge in [0.1, 0.15) is 12.4 Å². The van der Waals surface area contributed by atoms with Gasteiger partial charge in [0, 0.05) is 10.6 Å². The molecule has 0 heterocycles. The summed E-state index contributed by atoms with van der Waals surface area (Å²) in [5.74, 6) is 0.718. The molecule has 0 aliphatic rings. The number of aliphatic hydroxyl groups is 1. The van der Waals surface area contributed by atoms with E-state index < -0.39 is 6.10 Å². The Hall–Kier alpha value is -1.51. The maximum atomic E-state index is 9.77. The smallest absolute Gasteiger partial charge is 0.125 e. The summed E-state index contributed by atoms with van der Waals surface area (Å²) in [7, 11) is 0. The largest absolute Gasteiger partial charge is 0.489 e. The standard InChI is InChI=1S/C16H17ClO2/c1-11-3-8-16(15(9-11)12(2)18)19-10-13-4-6-14(17)7-5-13/h3-9,12,18H,10H2,1-2H3/t12-/m1/s1. The highest BCUT2D eigenvalue weighted by Crippen LogP contribution is 2.27. The van der Waals surface area contributed by atoms with Crippen molar-refractivity contribution in [3.05, 3.63) is 64.2 Å². The van der Waals surface area contributed by atoms with Gasteiger partial charge >= 0.3 is 0 Å². The molecule has 0 amide bonds. The van der Waals surface area contributed by atoms with Crippen LogP contribution in [-0.2, 0) is 6.61 Å². The third kappa shape index (κ3) is 3.72. The maximum absolute atomic E-state index is 9.77. The highest BCUT2D eigenvalue weighted by atomic mass is 35.5. The highest BCUT2D eigenvalue weighted by molar-refractivity contribution is 6.30. The Labute approximate surface area is 118 Å². The van der Waals surface area contributed by atoms with Crippen molar-refractivity contribution in [3.8, 4) is 5.75 Å². The molecular formula is C16H17ClO2. The molecule has 1 atom stereocenters. The fourth-order valence-electron chi connectivity index (χ4n) is 1.87. The molecule has 2 aromatic rings. The van der Waals surface area contributed by atoms with Gasteiger partial charge in [-0.2, -0.15) is 0 Å². The Morgan fingerprint density at radius 3 is 2.47 bits per heavy atom. The number of benzene rings is 2. The summed E-state index contributed by atoms with van der Waals surface area (Å²) >= 11 is 5.84. The van der Waals surface area contributed by atoms with Gasteiger partial charge < -0.3 is 9.84 Å². The van der Waals surface area contributed by atoms with Gasteiger partial charge in [-0.25, -0.2) is 0 Å². The number of aryl methyl sites for hydroxylation is 1. The van der Waals surface area contributed by atoms with Crippen molar-refractivity contribution in [1.82, 2.24) is 0 Å². The van der Waals surface area contributed by atoms with Crippen molar-refractivity contribution >= 4 is 11.6 Å². The topological polar surface area (TPSA) is 29.5 Å². The lowest BCUT2D eigenvalue weighted by Crippen LogP contribution is -2.01. The van der Waals surface area contributed by atoms with Gasteiger partial charge in [0.15, 0.2) is 0 Å². The van der Waals surface area contributed by atoms with Crippen molar-refractivity contribution < 1.29 is 9.84 Å². The van der Waals surface area contributed by atoms with Crippen molar-refractivity contribution in [1.29, 1.82) is 0 Å². The van der Waals surface area contributed by atoms with Crippen molar-refractivity contribution in [2.24, 2.45) is 0 Å². The Morgan fingerprint density at radius 1 is 1.16 bits per heavy atom. The first kappa shape index (κ1) is 13.9. The van der Waals surface area contributed by atoms with E-state index in [-0.39, 0.29) is 0 Å². The Morgan fingerprint density at radius 2 is 1.84 bits per heavy atom. The molecule has 0 aliphatic carbocycles. The highest BCUT2D eigenvalue weighted by Gasteiger charge is 2.09. The second-order valence-corrected chi connectivity index (χ2v) is 5.07. The normalized spacial score (nSPS) is 12.2. The minimum atomic E-state index is -0.542. The molecule has 0 saturated carbocycles. The average molecular weight is 277 g/mol. The summed E-state index contributed by atoms with van der Waals surface area (Å²) in [4.78, 5) is 0. The zero-order chi connectivity index (χ0) is 13.8. The molecule has 3 heteroatoms. The molecule has 2 aromatic carbocycles. The van der Waals surface area contributed by atoms with Crippen LogP contribution in [0.1, 0.15) is 29.7 Å². The van der Waals surface area contributed by atoms with E-state index in [2.05, 4.69) is 0 Å². The maximum Gasteiger partial charge on any atom is 0.125 e. The molecule has 0 unspecified atom stereocenters. The predicted molar refractivity (Wildman–Crippen MR) is 77.6 cm³/mol. The third-order valence-electron chi connectivity index (χ3n) is 2.92. The van der Waals surface area contributed by atoms with Gasteiger partial charge in [-0.3, -0.25) is 0 Å². The fraction of sp³-hybridized carbons (Fsp3) is 0.250. The molecule has 0 radical (unpaired) electrons. The zero-order valence-electron chi connectivity index (χ0n) is 11.1. The van der Waals surface area contributed by atoms with E-state index in [1.807, 2.05) is 49.4 Å². The van der Waals surface area contributed by atoms with Gasteiger partial charge in [-0.1, -0.05) is 35.4 Å². The molecule has 0 bridgehead atoms. The molecule has 0 aromatic heterocycles. The van der Waals surface area contributed by atoms with Crippen LogP contribution in [0.3, 0.4) is 0 Å². The van der Waals surface area contributed by atoms with Crippen molar-refractivity contribution in [2.75, 3.05) is 0 Å². The van der Waals surface area contributed by atoms with Crippen LogP contribution in [0, 0.1) is 6.92 Å². The molecule has 0 fully saturated rings. The van der Waals surface area contributed by atoms with Crippen molar-refractivity contribution in [3.63, 3.8) is 0 Å². The van der Waals surface area contributed by atoms with Gasteiger partial charge in [-0.05, 0) is 43.7 Å². The lowest BCUT2D eigenvalue weighted by molar-refractivity contribution is 0.190. The lowest BCUT2D eigenvalue weighted by Gasteiger charge is -2.14. The second-order valence-electron chi connectivity index (χ2n) is 4.63. The Balaban J connectivity index is 2.13. The first-order valence-corrected chi connectivity index (χ1v) is 6.60. The van der Waals surface area contributed by atoms with E-state index in [1.165, 1.54) is 0 Å². The lowest BCUT2D eigenvalue weighted by atomic mass is 10.1. The van der Waals surface area contributed by atoms with Gasteiger partial charge in [-0.15, -0.1) is 0 Å². The van der Waals surface area contributed by atoms with Crippen LogP contribution in [0.2, 0.25) is 5.02 Å². The number of hydrogen-bond donors (Lipinski definition) is 1. The molecule has 0 spiro atoms. The summed E-state index contributed by atoms with van der Waals surface area (Å²) < 4.78 is 5.78. The van der Waals surface area contributed by atoms with Crippen LogP contribution in [0.15, 0.2) is 42.5 Å². The number of hydrogen-bond acceptors (Lipinski definition) is 2. The van der Waals surface area contributed by atoms with E-state index >= 15 is 0 Å². The first-order valence-electron chi connectivity index (χ1n) is 6.22. The van der Waals surface area contributed by atoms with E-state index in [0.717, 1.165) is 22.4 Å². The molecule has 19 heavy (non-hydrogen) atoms. The fourth-order valence-corrected chi connectivity index (χ4v) is 1.99. The van der Waals surface area contributed by atoms with Crippen LogP contribution in [0.4, 0.5) is 0 Å². The van der Waals surface area contributed by atoms with Gasteiger partial charge in [0.05, 0.1) is 6.10 Å². The van der Waals surface area contributed by atoms with Crippen LogP contribution in [0.5, 0.6) is 5.75 Å². The van der Waals surface area contributed by atoms with Crippen LogP contribution in [-0.4, -0.2) is 5.11 Å². The number of rotatable bonds is 4.